The molecular formula is C24H28ClN3O2. The smallest absolute Gasteiger partial charge is 0.224 e. The Morgan fingerprint density at radius 3 is 2.37 bits per heavy atom. The van der Waals surface area contributed by atoms with Gasteiger partial charge in [0.2, 0.25) is 5.91 Å². The lowest BCUT2D eigenvalue weighted by atomic mass is 10.1. The molecule has 0 radical (unpaired) electrons. The lowest BCUT2D eigenvalue weighted by Crippen LogP contribution is -2.23. The third kappa shape index (κ3) is 7.95. The Hall–Kier alpha value is -2.73. The third-order valence-electron chi connectivity index (χ3n) is 4.68. The quantitative estimate of drug-likeness (QED) is 0.430. The number of carbonyl (C=O) groups is 1. The Kier molecular flexibility index (Phi) is 10.0. The molecule has 0 spiro atoms. The fourth-order valence-electron chi connectivity index (χ4n) is 3.03. The molecule has 1 amide bonds. The molecule has 3 N–H and O–H groups in total. The summed E-state index contributed by atoms with van der Waals surface area (Å²) in [5.74, 6) is -0.0139. The molecule has 1 aromatic heterocycles. The monoisotopic (exact) mass is 425 g/mol. The van der Waals surface area contributed by atoms with Gasteiger partial charge in [0.15, 0.2) is 0 Å². The van der Waals surface area contributed by atoms with E-state index >= 15 is 0 Å². The maximum absolute atomic E-state index is 12.1. The van der Waals surface area contributed by atoms with Crippen LogP contribution in [0, 0.1) is 0 Å². The predicted molar refractivity (Wildman–Crippen MR) is 123 cm³/mol. The number of benzene rings is 2. The molecule has 0 aliphatic heterocycles. The topological polar surface area (TPSA) is 74.2 Å². The van der Waals surface area contributed by atoms with Gasteiger partial charge in [-0.25, -0.2) is 0 Å². The number of carbonyl (C=O) groups excluding carboxylic acids is 1. The second-order valence-corrected chi connectivity index (χ2v) is 6.95. The van der Waals surface area contributed by atoms with Crippen LogP contribution in [0.5, 0.6) is 0 Å². The van der Waals surface area contributed by atoms with E-state index in [-0.39, 0.29) is 18.3 Å². The Labute approximate surface area is 184 Å². The summed E-state index contributed by atoms with van der Waals surface area (Å²) in [7, 11) is 0. The standard InChI is InChI=1S/C24H27N3O2.ClH/c28-23(20-6-2-1-3-7-20)18-25-17-15-19-9-11-22(12-10-19)27-24(29)14-13-21-8-4-5-16-26-21;/h1-12,16,23,25,28H,13-15,17-18H2,(H,27,29);1H. The maximum Gasteiger partial charge on any atom is 0.224 e. The number of amides is 1. The van der Waals surface area contributed by atoms with Crippen molar-refractivity contribution in [2.45, 2.75) is 25.4 Å². The number of aryl methyl sites for hydroxylation is 1. The van der Waals surface area contributed by atoms with E-state index in [1.54, 1.807) is 6.20 Å². The highest BCUT2D eigenvalue weighted by Crippen LogP contribution is 2.12. The van der Waals surface area contributed by atoms with Crippen LogP contribution >= 0.6 is 12.4 Å². The van der Waals surface area contributed by atoms with Crippen molar-refractivity contribution in [2.24, 2.45) is 0 Å². The molecule has 1 heterocycles. The number of rotatable bonds is 10. The number of hydrogen-bond acceptors (Lipinski definition) is 4. The van der Waals surface area contributed by atoms with E-state index < -0.39 is 6.10 Å². The van der Waals surface area contributed by atoms with Crippen molar-refractivity contribution in [3.05, 3.63) is 95.8 Å². The highest BCUT2D eigenvalue weighted by molar-refractivity contribution is 5.90. The summed E-state index contributed by atoms with van der Waals surface area (Å²) in [6.07, 6.45) is 3.14. The molecule has 0 bridgehead atoms. The summed E-state index contributed by atoms with van der Waals surface area (Å²) in [6, 6.07) is 23.3. The molecule has 5 nitrogen and oxygen atoms in total. The zero-order chi connectivity index (χ0) is 20.3. The Morgan fingerprint density at radius 2 is 1.67 bits per heavy atom. The Bertz CT molecular complexity index is 874. The summed E-state index contributed by atoms with van der Waals surface area (Å²) in [6.45, 7) is 1.30. The lowest BCUT2D eigenvalue weighted by molar-refractivity contribution is -0.116. The van der Waals surface area contributed by atoms with Gasteiger partial charge in [0.05, 0.1) is 6.10 Å². The van der Waals surface area contributed by atoms with Crippen molar-refractivity contribution < 1.29 is 9.90 Å². The number of halogens is 1. The van der Waals surface area contributed by atoms with Crippen molar-refractivity contribution >= 4 is 24.0 Å². The number of aliphatic hydroxyl groups is 1. The number of hydrogen-bond donors (Lipinski definition) is 3. The minimum atomic E-state index is -0.500. The van der Waals surface area contributed by atoms with Crippen molar-refractivity contribution in [1.29, 1.82) is 0 Å². The third-order valence-corrected chi connectivity index (χ3v) is 4.68. The zero-order valence-electron chi connectivity index (χ0n) is 16.8. The summed E-state index contributed by atoms with van der Waals surface area (Å²) >= 11 is 0. The van der Waals surface area contributed by atoms with Crippen LogP contribution in [0.15, 0.2) is 79.0 Å². The van der Waals surface area contributed by atoms with Gasteiger partial charge in [-0.3, -0.25) is 9.78 Å². The minimum absolute atomic E-state index is 0. The van der Waals surface area contributed by atoms with Gasteiger partial charge in [-0.05, 0) is 54.8 Å². The van der Waals surface area contributed by atoms with E-state index in [9.17, 15) is 9.90 Å². The van der Waals surface area contributed by atoms with E-state index in [1.165, 1.54) is 5.56 Å². The van der Waals surface area contributed by atoms with Crippen molar-refractivity contribution in [2.75, 3.05) is 18.4 Å². The number of pyridine rings is 1. The first kappa shape index (κ1) is 23.5. The number of nitrogens with one attached hydrogen (secondary N) is 2. The lowest BCUT2D eigenvalue weighted by Gasteiger charge is -2.12. The first-order valence-corrected chi connectivity index (χ1v) is 9.93. The molecule has 0 saturated carbocycles. The van der Waals surface area contributed by atoms with E-state index in [2.05, 4.69) is 15.6 Å². The molecule has 30 heavy (non-hydrogen) atoms. The molecule has 3 rings (SSSR count). The largest absolute Gasteiger partial charge is 0.387 e. The normalized spacial score (nSPS) is 11.4. The van der Waals surface area contributed by atoms with Gasteiger partial charge in [0, 0.05) is 30.5 Å². The molecule has 0 saturated heterocycles. The fourth-order valence-corrected chi connectivity index (χ4v) is 3.03. The van der Waals surface area contributed by atoms with E-state index in [0.717, 1.165) is 29.9 Å². The van der Waals surface area contributed by atoms with Crippen LogP contribution in [0.1, 0.15) is 29.3 Å². The average Bonchev–Trinajstić information content (AvgIpc) is 2.77. The first-order valence-electron chi connectivity index (χ1n) is 9.93. The van der Waals surface area contributed by atoms with E-state index in [4.69, 9.17) is 0 Å². The molecule has 0 aliphatic rings. The number of nitrogens with zero attached hydrogens (tertiary/aromatic N) is 1. The summed E-state index contributed by atoms with van der Waals surface area (Å²) in [5, 5.41) is 16.4. The van der Waals surface area contributed by atoms with Crippen molar-refractivity contribution in [1.82, 2.24) is 10.3 Å². The molecule has 0 fully saturated rings. The van der Waals surface area contributed by atoms with Gasteiger partial charge in [0.1, 0.15) is 0 Å². The van der Waals surface area contributed by atoms with Gasteiger partial charge < -0.3 is 15.7 Å². The number of aromatic nitrogens is 1. The molecule has 6 heteroatoms. The fraction of sp³-hybridized carbons (Fsp3) is 0.250. The van der Waals surface area contributed by atoms with Crippen molar-refractivity contribution in [3.8, 4) is 0 Å². The molecular weight excluding hydrogens is 398 g/mol. The second-order valence-electron chi connectivity index (χ2n) is 6.95. The molecule has 3 aromatic rings. The van der Waals surface area contributed by atoms with Crippen LogP contribution in [-0.2, 0) is 17.6 Å². The average molecular weight is 426 g/mol. The zero-order valence-corrected chi connectivity index (χ0v) is 17.6. The number of anilines is 1. The summed E-state index contributed by atoms with van der Waals surface area (Å²) in [4.78, 5) is 16.3. The van der Waals surface area contributed by atoms with E-state index in [0.29, 0.717) is 19.4 Å². The first-order chi connectivity index (χ1) is 14.2. The van der Waals surface area contributed by atoms with Crippen LogP contribution in [-0.4, -0.2) is 29.1 Å². The van der Waals surface area contributed by atoms with Crippen LogP contribution in [0.3, 0.4) is 0 Å². The molecule has 1 unspecified atom stereocenters. The van der Waals surface area contributed by atoms with E-state index in [1.807, 2.05) is 72.8 Å². The Morgan fingerprint density at radius 1 is 0.933 bits per heavy atom. The SMILES string of the molecule is Cl.O=C(CCc1ccccn1)Nc1ccc(CCNCC(O)c2ccccc2)cc1. The van der Waals surface area contributed by atoms with Gasteiger partial charge in [0.25, 0.3) is 0 Å². The second kappa shape index (κ2) is 12.8. The highest BCUT2D eigenvalue weighted by atomic mass is 35.5. The van der Waals surface area contributed by atoms with Gasteiger partial charge >= 0.3 is 0 Å². The molecule has 1 atom stereocenters. The van der Waals surface area contributed by atoms with Gasteiger partial charge in [-0.15, -0.1) is 12.4 Å². The summed E-state index contributed by atoms with van der Waals surface area (Å²) in [5.41, 5.74) is 3.82. The molecule has 2 aromatic carbocycles. The van der Waals surface area contributed by atoms with Crippen LogP contribution in [0.4, 0.5) is 5.69 Å². The molecule has 0 aliphatic carbocycles. The van der Waals surface area contributed by atoms with Crippen LogP contribution in [0.25, 0.3) is 0 Å². The highest BCUT2D eigenvalue weighted by Gasteiger charge is 2.06. The van der Waals surface area contributed by atoms with Crippen LogP contribution in [0.2, 0.25) is 0 Å². The van der Waals surface area contributed by atoms with Gasteiger partial charge in [-0.1, -0.05) is 48.5 Å². The molecule has 158 valence electrons. The predicted octanol–water partition coefficient (Wildman–Crippen LogP) is 3.94. The summed E-state index contributed by atoms with van der Waals surface area (Å²) < 4.78 is 0. The van der Waals surface area contributed by atoms with Crippen LogP contribution < -0.4 is 10.6 Å². The Balaban J connectivity index is 0.00000320. The van der Waals surface area contributed by atoms with Gasteiger partial charge in [-0.2, -0.15) is 0 Å². The maximum atomic E-state index is 12.1. The number of aliphatic hydroxyl groups excluding tert-OH is 1. The van der Waals surface area contributed by atoms with Crippen molar-refractivity contribution in [3.63, 3.8) is 0 Å². The minimum Gasteiger partial charge on any atom is -0.387 e.